The van der Waals surface area contributed by atoms with Gasteiger partial charge in [-0.15, -0.1) is 0 Å². The topological polar surface area (TPSA) is 95.7 Å². The van der Waals surface area contributed by atoms with Gasteiger partial charge in [0, 0.05) is 31.9 Å². The van der Waals surface area contributed by atoms with Gasteiger partial charge in [-0.05, 0) is 36.8 Å². The fourth-order valence-corrected chi connectivity index (χ4v) is 3.70. The maximum Gasteiger partial charge on any atom is 0.317 e. The largest absolute Gasteiger partial charge is 0.368 e. The molecule has 1 unspecified atom stereocenters. The Kier molecular flexibility index (Phi) is 5.67. The van der Waals surface area contributed by atoms with Crippen LogP contribution in [0.2, 0.25) is 0 Å². The Morgan fingerprint density at radius 3 is 2.33 bits per heavy atom. The number of piperazine rings is 1. The SMILES string of the molecule is CC(NC(=O)N1CCN(c2ccccc2)CC1)c1cccc(S(N)(=O)=O)c1. The molecule has 1 aliphatic heterocycles. The Bertz CT molecular complexity index is 894. The standard InChI is InChI=1S/C19H24N4O3S/c1-15(16-6-5-9-18(14-16)27(20,25)26)21-19(24)23-12-10-22(11-13-23)17-7-3-2-4-8-17/h2-9,14-15H,10-13H2,1H3,(H,21,24)(H2,20,25,26). The molecule has 0 aromatic heterocycles. The summed E-state index contributed by atoms with van der Waals surface area (Å²) in [4.78, 5) is 16.6. The van der Waals surface area contributed by atoms with E-state index in [4.69, 9.17) is 5.14 Å². The minimum absolute atomic E-state index is 0.0394. The Morgan fingerprint density at radius 2 is 1.70 bits per heavy atom. The molecule has 2 amide bonds. The molecule has 1 aliphatic rings. The number of nitrogens with one attached hydrogen (secondary N) is 1. The minimum Gasteiger partial charge on any atom is -0.368 e. The number of carbonyl (C=O) groups is 1. The fourth-order valence-electron chi connectivity index (χ4n) is 3.13. The van der Waals surface area contributed by atoms with E-state index in [0.717, 1.165) is 18.8 Å². The number of nitrogens with zero attached hydrogens (tertiary/aromatic N) is 2. The van der Waals surface area contributed by atoms with Crippen molar-refractivity contribution in [2.24, 2.45) is 5.14 Å². The number of nitrogens with two attached hydrogens (primary N) is 1. The first-order chi connectivity index (χ1) is 12.8. The Morgan fingerprint density at radius 1 is 1.04 bits per heavy atom. The van der Waals surface area contributed by atoms with E-state index in [9.17, 15) is 13.2 Å². The number of hydrogen-bond donors (Lipinski definition) is 2. The number of anilines is 1. The summed E-state index contributed by atoms with van der Waals surface area (Å²) >= 11 is 0. The quantitative estimate of drug-likeness (QED) is 0.836. The number of benzene rings is 2. The summed E-state index contributed by atoms with van der Waals surface area (Å²) in [5.41, 5.74) is 1.85. The van der Waals surface area contributed by atoms with Crippen molar-refractivity contribution in [3.05, 3.63) is 60.2 Å². The van der Waals surface area contributed by atoms with Crippen LogP contribution in [0.15, 0.2) is 59.5 Å². The summed E-state index contributed by atoms with van der Waals surface area (Å²) in [7, 11) is -3.77. The third-order valence-electron chi connectivity index (χ3n) is 4.71. The first-order valence-corrected chi connectivity index (χ1v) is 10.4. The third-order valence-corrected chi connectivity index (χ3v) is 5.63. The van der Waals surface area contributed by atoms with Crippen LogP contribution in [0.25, 0.3) is 0 Å². The van der Waals surface area contributed by atoms with Crippen LogP contribution in [0.5, 0.6) is 0 Å². The molecule has 144 valence electrons. The molecule has 3 rings (SSSR count). The first kappa shape index (κ1) is 19.2. The number of para-hydroxylation sites is 1. The highest BCUT2D eigenvalue weighted by Crippen LogP contribution is 2.18. The van der Waals surface area contributed by atoms with Crippen LogP contribution in [0.3, 0.4) is 0 Å². The van der Waals surface area contributed by atoms with Crippen molar-refractivity contribution in [1.29, 1.82) is 0 Å². The van der Waals surface area contributed by atoms with Crippen LogP contribution in [-0.4, -0.2) is 45.5 Å². The zero-order chi connectivity index (χ0) is 19.4. The van der Waals surface area contributed by atoms with Crippen molar-refractivity contribution in [3.63, 3.8) is 0 Å². The van der Waals surface area contributed by atoms with Gasteiger partial charge < -0.3 is 15.1 Å². The number of sulfonamides is 1. The van der Waals surface area contributed by atoms with Crippen molar-refractivity contribution in [2.45, 2.75) is 17.9 Å². The van der Waals surface area contributed by atoms with Crippen molar-refractivity contribution in [3.8, 4) is 0 Å². The van der Waals surface area contributed by atoms with Gasteiger partial charge in [-0.3, -0.25) is 0 Å². The van der Waals surface area contributed by atoms with Crippen LogP contribution in [0.4, 0.5) is 10.5 Å². The van der Waals surface area contributed by atoms with Crippen molar-refractivity contribution >= 4 is 21.7 Å². The lowest BCUT2D eigenvalue weighted by molar-refractivity contribution is 0.191. The highest BCUT2D eigenvalue weighted by Gasteiger charge is 2.22. The summed E-state index contributed by atoms with van der Waals surface area (Å²) < 4.78 is 23.0. The van der Waals surface area contributed by atoms with E-state index in [1.165, 1.54) is 12.1 Å². The van der Waals surface area contributed by atoms with E-state index >= 15 is 0 Å². The second kappa shape index (κ2) is 7.98. The van der Waals surface area contributed by atoms with E-state index in [1.807, 2.05) is 25.1 Å². The monoisotopic (exact) mass is 388 g/mol. The van der Waals surface area contributed by atoms with Crippen LogP contribution in [-0.2, 0) is 10.0 Å². The minimum atomic E-state index is -3.77. The summed E-state index contributed by atoms with van der Waals surface area (Å²) in [6.07, 6.45) is 0. The van der Waals surface area contributed by atoms with E-state index in [0.29, 0.717) is 18.7 Å². The molecule has 27 heavy (non-hydrogen) atoms. The lowest BCUT2D eigenvalue weighted by atomic mass is 10.1. The second-order valence-electron chi connectivity index (χ2n) is 6.60. The molecule has 7 nitrogen and oxygen atoms in total. The molecule has 1 saturated heterocycles. The summed E-state index contributed by atoms with van der Waals surface area (Å²) in [5.74, 6) is 0. The number of hydrogen-bond acceptors (Lipinski definition) is 4. The predicted octanol–water partition coefficient (Wildman–Crippen LogP) is 1.93. The summed E-state index contributed by atoms with van der Waals surface area (Å²) in [6, 6.07) is 16.0. The molecule has 1 fully saturated rings. The molecular weight excluding hydrogens is 364 g/mol. The number of amides is 2. The highest BCUT2D eigenvalue weighted by molar-refractivity contribution is 7.89. The van der Waals surface area contributed by atoms with Gasteiger partial charge in [-0.1, -0.05) is 30.3 Å². The molecule has 0 aliphatic carbocycles. The number of carbonyl (C=O) groups excluding carboxylic acids is 1. The van der Waals surface area contributed by atoms with Crippen LogP contribution < -0.4 is 15.4 Å². The van der Waals surface area contributed by atoms with E-state index in [2.05, 4.69) is 22.3 Å². The van der Waals surface area contributed by atoms with Gasteiger partial charge in [-0.25, -0.2) is 18.4 Å². The predicted molar refractivity (Wildman–Crippen MR) is 105 cm³/mol. The molecule has 0 radical (unpaired) electrons. The zero-order valence-corrected chi connectivity index (χ0v) is 16.0. The van der Waals surface area contributed by atoms with Gasteiger partial charge in [0.15, 0.2) is 0 Å². The van der Waals surface area contributed by atoms with Gasteiger partial charge >= 0.3 is 6.03 Å². The zero-order valence-electron chi connectivity index (χ0n) is 15.2. The molecule has 0 bridgehead atoms. The number of primary sulfonamides is 1. The van der Waals surface area contributed by atoms with Crippen LogP contribution >= 0.6 is 0 Å². The molecule has 0 spiro atoms. The van der Waals surface area contributed by atoms with Crippen LogP contribution in [0.1, 0.15) is 18.5 Å². The lowest BCUT2D eigenvalue weighted by Gasteiger charge is -2.36. The van der Waals surface area contributed by atoms with Crippen molar-refractivity contribution < 1.29 is 13.2 Å². The summed E-state index contributed by atoms with van der Waals surface area (Å²) in [6.45, 7) is 4.62. The maximum atomic E-state index is 12.6. The Labute approximate surface area is 159 Å². The van der Waals surface area contributed by atoms with Crippen LogP contribution in [0, 0.1) is 0 Å². The smallest absolute Gasteiger partial charge is 0.317 e. The van der Waals surface area contributed by atoms with Crippen molar-refractivity contribution in [1.82, 2.24) is 10.2 Å². The lowest BCUT2D eigenvalue weighted by Crippen LogP contribution is -2.52. The molecule has 8 heteroatoms. The Balaban J connectivity index is 1.58. The molecule has 1 atom stereocenters. The van der Waals surface area contributed by atoms with Gasteiger partial charge in [0.05, 0.1) is 10.9 Å². The molecule has 2 aromatic carbocycles. The molecule has 2 aromatic rings. The molecular formula is C19H24N4O3S. The highest BCUT2D eigenvalue weighted by atomic mass is 32.2. The first-order valence-electron chi connectivity index (χ1n) is 8.83. The average molecular weight is 388 g/mol. The Hall–Kier alpha value is -2.58. The van der Waals surface area contributed by atoms with Crippen molar-refractivity contribution in [2.75, 3.05) is 31.1 Å². The normalized spacial score (nSPS) is 16.1. The van der Waals surface area contributed by atoms with E-state index in [-0.39, 0.29) is 17.0 Å². The van der Waals surface area contributed by atoms with Gasteiger partial charge in [0.2, 0.25) is 10.0 Å². The third kappa shape index (κ3) is 4.78. The van der Waals surface area contributed by atoms with E-state index < -0.39 is 10.0 Å². The van der Waals surface area contributed by atoms with E-state index in [1.54, 1.807) is 17.0 Å². The maximum absolute atomic E-state index is 12.6. The molecule has 3 N–H and O–H groups in total. The van der Waals surface area contributed by atoms with Gasteiger partial charge in [-0.2, -0.15) is 0 Å². The fraction of sp³-hybridized carbons (Fsp3) is 0.316. The second-order valence-corrected chi connectivity index (χ2v) is 8.16. The summed E-state index contributed by atoms with van der Waals surface area (Å²) in [5, 5.41) is 8.11. The number of rotatable bonds is 4. The average Bonchev–Trinajstić information content (AvgIpc) is 2.68. The number of urea groups is 1. The molecule has 0 saturated carbocycles. The van der Waals surface area contributed by atoms with Gasteiger partial charge in [0.1, 0.15) is 0 Å². The van der Waals surface area contributed by atoms with Gasteiger partial charge in [0.25, 0.3) is 0 Å². The molecule has 1 heterocycles.